The molecule has 0 radical (unpaired) electrons. The molecule has 0 spiro atoms. The van der Waals surface area contributed by atoms with Gasteiger partial charge in [-0.2, -0.15) is 0 Å². The molecule has 0 aliphatic carbocycles. The smallest absolute Gasteiger partial charge is 0.251 e. The predicted octanol–water partition coefficient (Wildman–Crippen LogP) is 1.88. The van der Waals surface area contributed by atoms with Gasteiger partial charge in [-0.15, -0.1) is 6.58 Å². The number of carbonyl (C=O) groups is 1. The van der Waals surface area contributed by atoms with E-state index in [1.807, 2.05) is 6.92 Å². The van der Waals surface area contributed by atoms with Crippen molar-refractivity contribution in [3.63, 3.8) is 0 Å². The Morgan fingerprint density at radius 1 is 1.60 bits per heavy atom. The average molecular weight is 204 g/mol. The summed E-state index contributed by atoms with van der Waals surface area (Å²) in [6, 6.07) is 5.27. The molecule has 0 fully saturated rings. The van der Waals surface area contributed by atoms with Crippen LogP contribution in [0.4, 0.5) is 5.69 Å². The van der Waals surface area contributed by atoms with Gasteiger partial charge in [0.25, 0.3) is 5.91 Å². The largest absolute Gasteiger partial charge is 0.399 e. The zero-order valence-corrected chi connectivity index (χ0v) is 8.92. The van der Waals surface area contributed by atoms with E-state index >= 15 is 0 Å². The van der Waals surface area contributed by atoms with Crippen molar-refractivity contribution in [2.75, 3.05) is 12.3 Å². The third-order valence-electron chi connectivity index (χ3n) is 2.17. The summed E-state index contributed by atoms with van der Waals surface area (Å²) in [5.74, 6) is -0.0695. The highest BCUT2D eigenvalue weighted by atomic mass is 16.1. The topological polar surface area (TPSA) is 55.1 Å². The number of anilines is 1. The average Bonchev–Trinajstić information content (AvgIpc) is 2.22. The molecule has 0 atom stereocenters. The Morgan fingerprint density at radius 3 is 2.93 bits per heavy atom. The van der Waals surface area contributed by atoms with E-state index in [2.05, 4.69) is 11.9 Å². The van der Waals surface area contributed by atoms with Gasteiger partial charge in [-0.3, -0.25) is 4.79 Å². The van der Waals surface area contributed by atoms with Crippen molar-refractivity contribution >= 4 is 11.6 Å². The van der Waals surface area contributed by atoms with E-state index in [4.69, 9.17) is 5.73 Å². The van der Waals surface area contributed by atoms with Crippen molar-refractivity contribution in [3.05, 3.63) is 42.0 Å². The summed E-state index contributed by atoms with van der Waals surface area (Å²) in [6.45, 7) is 6.09. The maximum Gasteiger partial charge on any atom is 0.251 e. The molecule has 0 heterocycles. The lowest BCUT2D eigenvalue weighted by Crippen LogP contribution is -2.24. The number of amides is 1. The van der Waals surface area contributed by atoms with Crippen molar-refractivity contribution in [1.82, 2.24) is 5.32 Å². The molecule has 15 heavy (non-hydrogen) atoms. The molecule has 0 bridgehead atoms. The summed E-state index contributed by atoms with van der Waals surface area (Å²) in [6.07, 6.45) is 2.55. The molecule has 1 amide bonds. The Bertz CT molecular complexity index is 372. The minimum absolute atomic E-state index is 0.0695. The lowest BCUT2D eigenvalue weighted by Gasteiger charge is -2.05. The number of nitrogen functional groups attached to an aromatic ring is 1. The van der Waals surface area contributed by atoms with Gasteiger partial charge in [-0.1, -0.05) is 6.08 Å². The molecule has 80 valence electrons. The maximum atomic E-state index is 11.6. The van der Waals surface area contributed by atoms with Crippen molar-refractivity contribution < 1.29 is 4.79 Å². The first-order valence-electron chi connectivity index (χ1n) is 4.90. The fourth-order valence-corrected chi connectivity index (χ4v) is 1.21. The van der Waals surface area contributed by atoms with Crippen LogP contribution in [0.3, 0.4) is 0 Å². The van der Waals surface area contributed by atoms with Gasteiger partial charge in [0.1, 0.15) is 0 Å². The Kier molecular flexibility index (Phi) is 3.92. The van der Waals surface area contributed by atoms with E-state index in [0.29, 0.717) is 17.8 Å². The number of nitrogens with one attached hydrogen (secondary N) is 1. The second-order valence-electron chi connectivity index (χ2n) is 3.40. The first-order chi connectivity index (χ1) is 7.15. The van der Waals surface area contributed by atoms with Crippen LogP contribution in [0.5, 0.6) is 0 Å². The second kappa shape index (κ2) is 5.20. The molecule has 1 aromatic carbocycles. The molecule has 3 heteroatoms. The molecule has 1 rings (SSSR count). The van der Waals surface area contributed by atoms with Gasteiger partial charge in [0.15, 0.2) is 0 Å². The number of hydrogen-bond donors (Lipinski definition) is 2. The molecule has 0 saturated carbocycles. The van der Waals surface area contributed by atoms with Gasteiger partial charge in [-0.25, -0.2) is 0 Å². The van der Waals surface area contributed by atoms with Crippen molar-refractivity contribution in [2.24, 2.45) is 0 Å². The van der Waals surface area contributed by atoms with Crippen LogP contribution in [-0.2, 0) is 0 Å². The minimum Gasteiger partial charge on any atom is -0.399 e. The number of hydrogen-bond acceptors (Lipinski definition) is 2. The van der Waals surface area contributed by atoms with E-state index < -0.39 is 0 Å². The zero-order valence-electron chi connectivity index (χ0n) is 8.92. The van der Waals surface area contributed by atoms with E-state index in [1.165, 1.54) is 0 Å². The van der Waals surface area contributed by atoms with Crippen LogP contribution in [0.2, 0.25) is 0 Å². The summed E-state index contributed by atoms with van der Waals surface area (Å²) >= 11 is 0. The number of nitrogens with two attached hydrogens (primary N) is 1. The first kappa shape index (κ1) is 11.3. The minimum atomic E-state index is -0.0695. The normalized spacial score (nSPS) is 9.67. The molecular formula is C12H16N2O. The number of carbonyl (C=O) groups excluding carboxylic acids is 1. The number of benzene rings is 1. The third kappa shape index (κ3) is 3.13. The van der Waals surface area contributed by atoms with Crippen molar-refractivity contribution in [3.8, 4) is 0 Å². The van der Waals surface area contributed by atoms with Crippen molar-refractivity contribution in [2.45, 2.75) is 13.3 Å². The molecule has 0 aliphatic heterocycles. The predicted molar refractivity (Wildman–Crippen MR) is 62.7 cm³/mol. The Labute approximate surface area is 90.0 Å². The molecule has 0 aliphatic rings. The first-order valence-corrected chi connectivity index (χ1v) is 4.90. The SMILES string of the molecule is C=CCCNC(=O)c1ccc(N)c(C)c1. The highest BCUT2D eigenvalue weighted by molar-refractivity contribution is 5.94. The van der Waals surface area contributed by atoms with Gasteiger partial charge in [0.2, 0.25) is 0 Å². The van der Waals surface area contributed by atoms with Crippen molar-refractivity contribution in [1.29, 1.82) is 0 Å². The fourth-order valence-electron chi connectivity index (χ4n) is 1.21. The molecular weight excluding hydrogens is 188 g/mol. The van der Waals surface area contributed by atoms with Crippen LogP contribution in [0, 0.1) is 6.92 Å². The lowest BCUT2D eigenvalue weighted by molar-refractivity contribution is 0.0954. The van der Waals surface area contributed by atoms with Crippen LogP contribution in [0.25, 0.3) is 0 Å². The highest BCUT2D eigenvalue weighted by Gasteiger charge is 2.05. The Hall–Kier alpha value is -1.77. The lowest BCUT2D eigenvalue weighted by atomic mass is 10.1. The quantitative estimate of drug-likeness (QED) is 0.447. The molecule has 3 N–H and O–H groups in total. The molecule has 1 aromatic rings. The van der Waals surface area contributed by atoms with Crippen LogP contribution >= 0.6 is 0 Å². The Morgan fingerprint density at radius 2 is 2.33 bits per heavy atom. The maximum absolute atomic E-state index is 11.6. The van der Waals surface area contributed by atoms with Gasteiger partial charge < -0.3 is 11.1 Å². The van der Waals surface area contributed by atoms with Gasteiger partial charge in [-0.05, 0) is 37.1 Å². The zero-order chi connectivity index (χ0) is 11.3. The van der Waals surface area contributed by atoms with Gasteiger partial charge >= 0.3 is 0 Å². The summed E-state index contributed by atoms with van der Waals surface area (Å²) in [5.41, 5.74) is 7.94. The highest BCUT2D eigenvalue weighted by Crippen LogP contribution is 2.12. The van der Waals surface area contributed by atoms with Gasteiger partial charge in [0.05, 0.1) is 0 Å². The fraction of sp³-hybridized carbons (Fsp3) is 0.250. The van der Waals surface area contributed by atoms with Gasteiger partial charge in [0, 0.05) is 17.8 Å². The van der Waals surface area contributed by atoms with E-state index in [-0.39, 0.29) is 5.91 Å². The second-order valence-corrected chi connectivity index (χ2v) is 3.40. The number of aryl methyl sites for hydroxylation is 1. The molecule has 0 saturated heterocycles. The van der Waals surface area contributed by atoms with Crippen LogP contribution in [0.15, 0.2) is 30.9 Å². The van der Waals surface area contributed by atoms with Crippen LogP contribution < -0.4 is 11.1 Å². The third-order valence-corrected chi connectivity index (χ3v) is 2.17. The Balaban J connectivity index is 2.65. The number of rotatable bonds is 4. The van der Waals surface area contributed by atoms with E-state index in [0.717, 1.165) is 12.0 Å². The van der Waals surface area contributed by atoms with Crippen LogP contribution in [-0.4, -0.2) is 12.5 Å². The summed E-state index contributed by atoms with van der Waals surface area (Å²) in [4.78, 5) is 11.6. The molecule has 0 unspecified atom stereocenters. The summed E-state index contributed by atoms with van der Waals surface area (Å²) in [5, 5.41) is 2.80. The summed E-state index contributed by atoms with van der Waals surface area (Å²) < 4.78 is 0. The summed E-state index contributed by atoms with van der Waals surface area (Å²) in [7, 11) is 0. The molecule has 0 aromatic heterocycles. The monoisotopic (exact) mass is 204 g/mol. The molecule has 3 nitrogen and oxygen atoms in total. The standard InChI is InChI=1S/C12H16N2O/c1-3-4-7-14-12(15)10-5-6-11(13)9(2)8-10/h3,5-6,8H,1,4,7,13H2,2H3,(H,14,15). The van der Waals surface area contributed by atoms with E-state index in [1.54, 1.807) is 24.3 Å². The van der Waals surface area contributed by atoms with Crippen LogP contribution in [0.1, 0.15) is 22.3 Å². The van der Waals surface area contributed by atoms with E-state index in [9.17, 15) is 4.79 Å².